The number of rotatable bonds is 28. The summed E-state index contributed by atoms with van der Waals surface area (Å²) in [6.45, 7) is 5.16. The second kappa shape index (κ2) is 28.7. The Morgan fingerprint density at radius 3 is 1.38 bits per heavy atom. The van der Waals surface area contributed by atoms with Crippen LogP contribution < -0.4 is 0 Å². The molecule has 0 aromatic heterocycles. The minimum absolute atomic E-state index is 0.0123. The van der Waals surface area contributed by atoms with Crippen molar-refractivity contribution in [3.63, 3.8) is 0 Å². The van der Waals surface area contributed by atoms with Crippen molar-refractivity contribution in [1.29, 1.82) is 0 Å². The van der Waals surface area contributed by atoms with Crippen LogP contribution in [-0.4, -0.2) is 25.8 Å². The van der Waals surface area contributed by atoms with Gasteiger partial charge in [-0.2, -0.15) is 0 Å². The predicted molar refractivity (Wildman–Crippen MR) is 149 cm³/mol. The molecule has 0 spiro atoms. The molecule has 0 saturated heterocycles. The summed E-state index contributed by atoms with van der Waals surface area (Å²) >= 11 is 0. The van der Waals surface area contributed by atoms with Crippen LogP contribution in [0.25, 0.3) is 0 Å². The third-order valence-electron chi connectivity index (χ3n) is 7.13. The fraction of sp³-hybridized carbons (Fsp3) is 0.968. The highest BCUT2D eigenvalue weighted by atomic mass is 16.5. The van der Waals surface area contributed by atoms with Crippen LogP contribution in [0.2, 0.25) is 0 Å². The van der Waals surface area contributed by atoms with E-state index in [2.05, 4.69) is 13.8 Å². The summed E-state index contributed by atoms with van der Waals surface area (Å²) < 4.78 is 11.1. The van der Waals surface area contributed by atoms with Crippen molar-refractivity contribution < 1.29 is 14.3 Å². The predicted octanol–water partition coefficient (Wildman–Crippen LogP) is 10.3. The van der Waals surface area contributed by atoms with E-state index in [-0.39, 0.29) is 5.97 Å². The zero-order chi connectivity index (χ0) is 25.0. The van der Waals surface area contributed by atoms with E-state index in [4.69, 9.17) is 9.47 Å². The molecule has 0 aromatic carbocycles. The van der Waals surface area contributed by atoms with E-state index in [1.165, 1.54) is 135 Å². The largest absolute Gasteiger partial charge is 0.466 e. The van der Waals surface area contributed by atoms with Gasteiger partial charge in [-0.1, -0.05) is 142 Å². The number of hydrogen-bond acceptors (Lipinski definition) is 3. The van der Waals surface area contributed by atoms with Gasteiger partial charge in [-0.25, -0.2) is 0 Å². The summed E-state index contributed by atoms with van der Waals surface area (Å²) in [5, 5.41) is 0. The lowest BCUT2D eigenvalue weighted by Crippen LogP contribution is -2.10. The van der Waals surface area contributed by atoms with E-state index in [0.29, 0.717) is 19.1 Å². The maximum absolute atomic E-state index is 11.9. The lowest BCUT2D eigenvalue weighted by molar-refractivity contribution is -0.143. The zero-order valence-electron chi connectivity index (χ0n) is 23.7. The number of carbonyl (C=O) groups excluding carboxylic acids is 1. The quantitative estimate of drug-likeness (QED) is 0.0821. The molecule has 0 aliphatic carbocycles. The summed E-state index contributed by atoms with van der Waals surface area (Å²) in [5.74, 6) is 0.0123. The highest BCUT2D eigenvalue weighted by Gasteiger charge is 2.06. The molecule has 0 fully saturated rings. The Kier molecular flexibility index (Phi) is 28.2. The Hall–Kier alpha value is -0.570. The van der Waals surface area contributed by atoms with E-state index in [9.17, 15) is 4.79 Å². The van der Waals surface area contributed by atoms with Gasteiger partial charge in [0.1, 0.15) is 0 Å². The molecule has 1 unspecified atom stereocenters. The van der Waals surface area contributed by atoms with Gasteiger partial charge >= 0.3 is 5.97 Å². The van der Waals surface area contributed by atoms with Crippen molar-refractivity contribution in [1.82, 2.24) is 0 Å². The van der Waals surface area contributed by atoms with E-state index >= 15 is 0 Å². The van der Waals surface area contributed by atoms with Crippen LogP contribution in [0.1, 0.15) is 174 Å². The van der Waals surface area contributed by atoms with E-state index in [0.717, 1.165) is 19.3 Å². The maximum atomic E-state index is 11.9. The SMILES string of the molecule is CCCCCCCCCCCCOC(=O)CCCCCCCCCCC(CCCCCC)OC. The fourth-order valence-corrected chi connectivity index (χ4v) is 4.73. The molecule has 0 radical (unpaired) electrons. The molecule has 0 aliphatic heterocycles. The summed E-state index contributed by atoms with van der Waals surface area (Å²) in [6, 6.07) is 0. The molecule has 0 aromatic rings. The monoisotopic (exact) mass is 482 g/mol. The molecule has 0 amide bonds. The highest BCUT2D eigenvalue weighted by Crippen LogP contribution is 2.16. The summed E-state index contributed by atoms with van der Waals surface area (Å²) in [4.78, 5) is 11.9. The Labute approximate surface area is 214 Å². The first-order valence-electron chi connectivity index (χ1n) is 15.4. The van der Waals surface area contributed by atoms with Gasteiger partial charge in [0, 0.05) is 13.5 Å². The number of ether oxygens (including phenoxy) is 2. The van der Waals surface area contributed by atoms with E-state index in [1.54, 1.807) is 0 Å². The molecule has 1 atom stereocenters. The van der Waals surface area contributed by atoms with Crippen LogP contribution in [0.3, 0.4) is 0 Å². The highest BCUT2D eigenvalue weighted by molar-refractivity contribution is 5.69. The zero-order valence-corrected chi connectivity index (χ0v) is 23.7. The van der Waals surface area contributed by atoms with Crippen molar-refractivity contribution in [3.05, 3.63) is 0 Å². The van der Waals surface area contributed by atoms with Gasteiger partial charge in [-0.15, -0.1) is 0 Å². The van der Waals surface area contributed by atoms with E-state index in [1.807, 2.05) is 7.11 Å². The van der Waals surface area contributed by atoms with Crippen molar-refractivity contribution in [2.75, 3.05) is 13.7 Å². The van der Waals surface area contributed by atoms with Gasteiger partial charge in [-0.3, -0.25) is 4.79 Å². The summed E-state index contributed by atoms with van der Waals surface area (Å²) in [6.07, 6.45) is 32.0. The molecular weight excluding hydrogens is 420 g/mol. The van der Waals surface area contributed by atoms with Crippen molar-refractivity contribution in [2.45, 2.75) is 180 Å². The molecule has 3 heteroatoms. The Balaban J connectivity index is 3.28. The molecule has 0 aliphatic rings. The number of carbonyl (C=O) groups is 1. The minimum atomic E-state index is 0.0123. The first-order chi connectivity index (χ1) is 16.7. The third kappa shape index (κ3) is 26.0. The number of methoxy groups -OCH3 is 1. The summed E-state index contributed by atoms with van der Waals surface area (Å²) in [7, 11) is 1.87. The van der Waals surface area contributed by atoms with Crippen LogP contribution in [0.15, 0.2) is 0 Å². The molecule has 0 heterocycles. The van der Waals surface area contributed by atoms with Crippen molar-refractivity contribution >= 4 is 5.97 Å². The number of unbranched alkanes of at least 4 members (excludes halogenated alkanes) is 19. The second-order valence-electron chi connectivity index (χ2n) is 10.5. The average Bonchev–Trinajstić information content (AvgIpc) is 2.84. The number of esters is 1. The Bertz CT molecular complexity index is 396. The van der Waals surface area contributed by atoms with Gasteiger partial charge in [0.15, 0.2) is 0 Å². The lowest BCUT2D eigenvalue weighted by Gasteiger charge is -2.15. The van der Waals surface area contributed by atoms with Crippen LogP contribution in [0.5, 0.6) is 0 Å². The molecule has 0 N–H and O–H groups in total. The van der Waals surface area contributed by atoms with Gasteiger partial charge < -0.3 is 9.47 Å². The van der Waals surface area contributed by atoms with Gasteiger partial charge in [0.25, 0.3) is 0 Å². The topological polar surface area (TPSA) is 35.5 Å². The first-order valence-corrected chi connectivity index (χ1v) is 15.4. The normalized spacial score (nSPS) is 12.2. The summed E-state index contributed by atoms with van der Waals surface area (Å²) in [5.41, 5.74) is 0. The molecular formula is C31H62O3. The molecule has 0 bridgehead atoms. The van der Waals surface area contributed by atoms with E-state index < -0.39 is 0 Å². The lowest BCUT2D eigenvalue weighted by atomic mass is 10.0. The Morgan fingerprint density at radius 2 is 0.912 bits per heavy atom. The molecule has 3 nitrogen and oxygen atoms in total. The van der Waals surface area contributed by atoms with Crippen LogP contribution in [0.4, 0.5) is 0 Å². The third-order valence-corrected chi connectivity index (χ3v) is 7.13. The van der Waals surface area contributed by atoms with Gasteiger partial charge in [-0.05, 0) is 25.7 Å². The Morgan fingerprint density at radius 1 is 0.529 bits per heavy atom. The molecule has 0 saturated carbocycles. The number of hydrogen-bond donors (Lipinski definition) is 0. The standard InChI is InChI=1S/C31H62O3/c1-4-6-8-10-11-12-15-18-21-25-29-34-31(32)28-24-20-17-14-13-16-19-23-27-30(33-3)26-22-9-7-5-2/h30H,4-29H2,1-3H3. The van der Waals surface area contributed by atoms with Gasteiger partial charge in [0.2, 0.25) is 0 Å². The fourth-order valence-electron chi connectivity index (χ4n) is 4.73. The second-order valence-corrected chi connectivity index (χ2v) is 10.5. The van der Waals surface area contributed by atoms with Crippen molar-refractivity contribution in [2.24, 2.45) is 0 Å². The first kappa shape index (κ1) is 33.4. The molecule has 204 valence electrons. The molecule has 0 rings (SSSR count). The van der Waals surface area contributed by atoms with Gasteiger partial charge in [0.05, 0.1) is 12.7 Å². The average molecular weight is 483 g/mol. The van der Waals surface area contributed by atoms with Crippen LogP contribution in [-0.2, 0) is 14.3 Å². The van der Waals surface area contributed by atoms with Crippen LogP contribution >= 0.6 is 0 Å². The molecule has 34 heavy (non-hydrogen) atoms. The minimum Gasteiger partial charge on any atom is -0.466 e. The smallest absolute Gasteiger partial charge is 0.305 e. The van der Waals surface area contributed by atoms with Crippen molar-refractivity contribution in [3.8, 4) is 0 Å². The van der Waals surface area contributed by atoms with Crippen LogP contribution in [0, 0.1) is 0 Å². The maximum Gasteiger partial charge on any atom is 0.305 e.